The van der Waals surface area contributed by atoms with E-state index in [1.807, 2.05) is 6.07 Å². The fourth-order valence-electron chi connectivity index (χ4n) is 7.58. The molecule has 1 fully saturated rings. The monoisotopic (exact) mass is 918 g/mol. The smallest absolute Gasteiger partial charge is 0.417 e. The third kappa shape index (κ3) is 15.1. The molecular formula is C51H60F2O13. The summed E-state index contributed by atoms with van der Waals surface area (Å²) in [5.74, 6) is -6.88. The van der Waals surface area contributed by atoms with E-state index in [9.17, 15) is 28.8 Å². The number of ether oxygens (including phenoxy) is 7. The summed E-state index contributed by atoms with van der Waals surface area (Å²) in [5, 5.41) is 0. The van der Waals surface area contributed by atoms with Crippen LogP contribution in [0, 0.1) is 23.0 Å². The van der Waals surface area contributed by atoms with Crippen LogP contribution in [0.15, 0.2) is 78.9 Å². The molecule has 1 aliphatic carbocycles. The number of methoxy groups -OCH3 is 2. The molecule has 3 aromatic rings. The van der Waals surface area contributed by atoms with Crippen molar-refractivity contribution in [2.24, 2.45) is 11.3 Å². The number of carbonyl (C=O) groups excluding carboxylic acids is 6. The Hall–Kier alpha value is -6.38. The quantitative estimate of drug-likeness (QED) is 0.0308. The molecule has 0 spiro atoms. The number of unbranched alkanes of at least 4 members (excludes halogenated alkanes) is 2. The zero-order chi connectivity index (χ0) is 48.4. The number of hydrogen-bond donors (Lipinski definition) is 0. The zero-order valence-electron chi connectivity index (χ0n) is 38.4. The molecule has 1 aliphatic rings. The molecule has 0 N–H and O–H groups in total. The number of benzene rings is 3. The predicted molar refractivity (Wildman–Crippen MR) is 240 cm³/mol. The maximum Gasteiger partial charge on any atom is 0.417 e. The van der Waals surface area contributed by atoms with Crippen molar-refractivity contribution in [3.05, 3.63) is 102 Å². The minimum atomic E-state index is -1.77. The van der Waals surface area contributed by atoms with Crippen LogP contribution in [0.5, 0.6) is 5.75 Å². The van der Waals surface area contributed by atoms with Gasteiger partial charge in [0.25, 0.3) is 0 Å². The Kier molecular flexibility index (Phi) is 20.1. The number of aryl methyl sites for hydroxylation is 1. The minimum Gasteiger partial charge on any atom is -0.492 e. The van der Waals surface area contributed by atoms with Gasteiger partial charge in [0.2, 0.25) is 0 Å². The van der Waals surface area contributed by atoms with Crippen molar-refractivity contribution < 1.29 is 70.7 Å². The Balaban J connectivity index is 1.64. The van der Waals surface area contributed by atoms with Gasteiger partial charge in [0, 0.05) is 22.3 Å². The van der Waals surface area contributed by atoms with E-state index in [1.54, 1.807) is 36.4 Å². The molecule has 3 aromatic carbocycles. The first-order chi connectivity index (χ1) is 31.5. The Bertz CT molecular complexity index is 2210. The van der Waals surface area contributed by atoms with Crippen molar-refractivity contribution in [3.8, 4) is 28.0 Å². The van der Waals surface area contributed by atoms with Gasteiger partial charge in [-0.25, -0.2) is 37.5 Å². The topological polar surface area (TPSA) is 167 Å². The highest BCUT2D eigenvalue weighted by Gasteiger charge is 2.39. The van der Waals surface area contributed by atoms with Gasteiger partial charge in [-0.1, -0.05) is 76.1 Å². The lowest BCUT2D eigenvalue weighted by molar-refractivity contribution is -0.177. The van der Waals surface area contributed by atoms with E-state index in [0.29, 0.717) is 16.7 Å². The summed E-state index contributed by atoms with van der Waals surface area (Å²) in [5.41, 5.74) is 1.12. The maximum atomic E-state index is 16.1. The van der Waals surface area contributed by atoms with Gasteiger partial charge < -0.3 is 33.2 Å². The van der Waals surface area contributed by atoms with Crippen LogP contribution >= 0.6 is 0 Å². The average Bonchev–Trinajstić information content (AvgIpc) is 3.31. The molecule has 15 heteroatoms. The third-order valence-corrected chi connectivity index (χ3v) is 11.5. The van der Waals surface area contributed by atoms with E-state index in [4.69, 9.17) is 23.7 Å². The van der Waals surface area contributed by atoms with Crippen LogP contribution in [-0.2, 0) is 63.6 Å². The summed E-state index contributed by atoms with van der Waals surface area (Å²) in [6.45, 7) is 9.51. The van der Waals surface area contributed by atoms with E-state index >= 15 is 8.78 Å². The molecule has 0 atom stereocenters. The maximum absolute atomic E-state index is 16.1. The van der Waals surface area contributed by atoms with Crippen molar-refractivity contribution >= 4 is 35.8 Å². The summed E-state index contributed by atoms with van der Waals surface area (Å²) >= 11 is 0. The van der Waals surface area contributed by atoms with E-state index in [1.165, 1.54) is 51.7 Å². The van der Waals surface area contributed by atoms with Crippen LogP contribution in [0.3, 0.4) is 0 Å². The Labute approximate surface area is 384 Å². The third-order valence-electron chi connectivity index (χ3n) is 11.5. The van der Waals surface area contributed by atoms with Gasteiger partial charge in [0.05, 0.1) is 20.8 Å². The number of carbonyl (C=O) groups is 6. The normalized spacial score (nSPS) is 14.6. The van der Waals surface area contributed by atoms with Gasteiger partial charge in [-0.05, 0) is 111 Å². The second-order valence-corrected chi connectivity index (χ2v) is 16.8. The van der Waals surface area contributed by atoms with Gasteiger partial charge in [-0.2, -0.15) is 0 Å². The summed E-state index contributed by atoms with van der Waals surface area (Å²) in [6.07, 6.45) is 9.76. The molecule has 0 amide bonds. The number of hydrogen-bond acceptors (Lipinski definition) is 13. The molecule has 0 aliphatic heterocycles. The Morgan fingerprint density at radius 2 is 1.15 bits per heavy atom. The van der Waals surface area contributed by atoms with Gasteiger partial charge in [-0.3, -0.25) is 0 Å². The van der Waals surface area contributed by atoms with Gasteiger partial charge in [0.1, 0.15) is 49.2 Å². The van der Waals surface area contributed by atoms with E-state index in [2.05, 4.69) is 29.6 Å². The van der Waals surface area contributed by atoms with Gasteiger partial charge >= 0.3 is 35.8 Å². The van der Waals surface area contributed by atoms with Crippen molar-refractivity contribution in [1.82, 2.24) is 0 Å². The lowest BCUT2D eigenvalue weighted by Gasteiger charge is -2.32. The number of halogens is 2. The fraction of sp³-hybridized carbons (Fsp3) is 0.451. The standard InChI is InChI=1S/C51H60F2O13/c1-8-9-10-12-34-14-16-35(17-15-34)36-18-21-41(42(52)26-36)38-19-22-40(43(53)27-38)37-20-23-44(39(25-37)13-11-24-62-45(54)32(2)3)63-28-51(29-64-46(55)33(4)5,30-65-49(58)47(56)60-6)31-66-50(59)48(57)61-7/h18-23,25-27,34-35H,2,4,8-17,24,28-31H2,1,3,5-7H3. The molecule has 0 aromatic heterocycles. The first-order valence-electron chi connectivity index (χ1n) is 22.0. The number of rotatable bonds is 22. The minimum absolute atomic E-state index is 0.00267. The molecule has 0 bridgehead atoms. The molecule has 13 nitrogen and oxygen atoms in total. The molecular weight excluding hydrogens is 859 g/mol. The van der Waals surface area contributed by atoms with Crippen LogP contribution < -0.4 is 4.74 Å². The lowest BCUT2D eigenvalue weighted by Crippen LogP contribution is -2.45. The Morgan fingerprint density at radius 1 is 0.621 bits per heavy atom. The molecule has 66 heavy (non-hydrogen) atoms. The first kappa shape index (κ1) is 52.2. The van der Waals surface area contributed by atoms with Crippen LogP contribution in [0.4, 0.5) is 8.78 Å². The second kappa shape index (κ2) is 25.4. The SMILES string of the molecule is C=C(C)C(=O)OCCCc1cc(-c2ccc(-c3ccc(C4CCC(CCCCC)CC4)cc3F)cc2F)ccc1OCC(COC(=O)C(=C)C)(COC(=O)C(=O)OC)COC(=O)C(=O)OC. The van der Waals surface area contributed by atoms with Crippen LogP contribution in [0.1, 0.15) is 95.6 Å². The Morgan fingerprint density at radius 3 is 1.70 bits per heavy atom. The molecule has 0 saturated heterocycles. The molecule has 356 valence electrons. The summed E-state index contributed by atoms with van der Waals surface area (Å²) in [4.78, 5) is 73.4. The van der Waals surface area contributed by atoms with Crippen molar-refractivity contribution in [2.45, 2.75) is 90.9 Å². The first-order valence-corrected chi connectivity index (χ1v) is 22.0. The number of esters is 6. The highest BCUT2D eigenvalue weighted by molar-refractivity contribution is 6.30. The van der Waals surface area contributed by atoms with E-state index in [0.717, 1.165) is 51.4 Å². The molecule has 0 radical (unpaired) electrons. The van der Waals surface area contributed by atoms with Crippen molar-refractivity contribution in [1.29, 1.82) is 0 Å². The lowest BCUT2D eigenvalue weighted by atomic mass is 9.77. The van der Waals surface area contributed by atoms with Crippen LogP contribution in [-0.4, -0.2) is 83.1 Å². The second-order valence-electron chi connectivity index (χ2n) is 16.8. The van der Waals surface area contributed by atoms with Crippen LogP contribution in [0.25, 0.3) is 22.3 Å². The van der Waals surface area contributed by atoms with Crippen molar-refractivity contribution in [2.75, 3.05) is 47.3 Å². The highest BCUT2D eigenvalue weighted by atomic mass is 19.1. The molecule has 0 heterocycles. The molecule has 0 unspecified atom stereocenters. The predicted octanol–water partition coefficient (Wildman–Crippen LogP) is 9.12. The zero-order valence-corrected chi connectivity index (χ0v) is 38.4. The molecule has 4 rings (SSSR count). The largest absolute Gasteiger partial charge is 0.492 e. The van der Waals surface area contributed by atoms with E-state index in [-0.39, 0.29) is 53.4 Å². The van der Waals surface area contributed by atoms with Crippen molar-refractivity contribution in [3.63, 3.8) is 0 Å². The van der Waals surface area contributed by atoms with Gasteiger partial charge in [-0.15, -0.1) is 0 Å². The average molecular weight is 919 g/mol. The highest BCUT2D eigenvalue weighted by Crippen LogP contribution is 2.40. The van der Waals surface area contributed by atoms with Crippen LogP contribution in [0.2, 0.25) is 0 Å². The summed E-state index contributed by atoms with van der Waals surface area (Å²) in [6, 6.07) is 14.5. The van der Waals surface area contributed by atoms with Gasteiger partial charge in [0.15, 0.2) is 0 Å². The molecule has 1 saturated carbocycles. The van der Waals surface area contributed by atoms with E-state index < -0.39 is 79.3 Å². The summed E-state index contributed by atoms with van der Waals surface area (Å²) in [7, 11) is 1.91. The fourth-order valence-corrected chi connectivity index (χ4v) is 7.58. The summed E-state index contributed by atoms with van der Waals surface area (Å²) < 4.78 is 68.0.